The van der Waals surface area contributed by atoms with Crippen LogP contribution in [0, 0.1) is 19.7 Å². The SMILES string of the molecule is C=CCCCCc1cc(F)cc(C)c1-c1cc(C)cc([C@H](CC(=O)OCC)NC(=O)OC(C)(C)C)c1. The number of amides is 1. The molecule has 2 rings (SSSR count). The van der Waals surface area contributed by atoms with Crippen LogP contribution in [-0.2, 0) is 20.7 Å². The summed E-state index contributed by atoms with van der Waals surface area (Å²) in [6.07, 6.45) is 4.82. The maximum Gasteiger partial charge on any atom is 0.408 e. The largest absolute Gasteiger partial charge is 0.466 e. The highest BCUT2D eigenvalue weighted by atomic mass is 19.1. The zero-order chi connectivity index (χ0) is 26.9. The van der Waals surface area contributed by atoms with Crippen LogP contribution in [0.4, 0.5) is 9.18 Å². The topological polar surface area (TPSA) is 64.6 Å². The molecule has 0 radical (unpaired) electrons. The summed E-state index contributed by atoms with van der Waals surface area (Å²) in [7, 11) is 0. The van der Waals surface area contributed by atoms with Crippen molar-refractivity contribution in [2.75, 3.05) is 6.61 Å². The van der Waals surface area contributed by atoms with Gasteiger partial charge in [0, 0.05) is 0 Å². The standard InChI is InChI=1S/C30H40FNO4/c1-8-10-11-12-13-22-18-25(31)16-21(4)28(22)24-15-20(3)14-23(17-24)26(19-27(33)35-9-2)32-29(34)36-30(5,6)7/h8,14-18,26H,1,9-13,19H2,2-7H3,(H,32,34)/t26-/m0/s1. The Bertz CT molecular complexity index is 1070. The Kier molecular flexibility index (Phi) is 10.7. The lowest BCUT2D eigenvalue weighted by Gasteiger charge is -2.24. The number of halogens is 1. The summed E-state index contributed by atoms with van der Waals surface area (Å²) in [5.41, 5.74) is 4.71. The van der Waals surface area contributed by atoms with Crippen LogP contribution in [0.5, 0.6) is 0 Å². The maximum atomic E-state index is 14.4. The van der Waals surface area contributed by atoms with Crippen LogP contribution in [0.25, 0.3) is 11.1 Å². The molecule has 6 heteroatoms. The van der Waals surface area contributed by atoms with Crippen molar-refractivity contribution in [2.45, 2.75) is 85.3 Å². The Morgan fingerprint density at radius 1 is 1.11 bits per heavy atom. The first-order valence-corrected chi connectivity index (χ1v) is 12.6. The average Bonchev–Trinajstić information content (AvgIpc) is 2.74. The molecule has 196 valence electrons. The van der Waals surface area contributed by atoms with Crippen LogP contribution in [0.15, 0.2) is 43.0 Å². The maximum absolute atomic E-state index is 14.4. The van der Waals surface area contributed by atoms with Crippen molar-refractivity contribution in [2.24, 2.45) is 0 Å². The molecule has 5 nitrogen and oxygen atoms in total. The molecule has 0 unspecified atom stereocenters. The highest BCUT2D eigenvalue weighted by molar-refractivity contribution is 5.75. The minimum atomic E-state index is -0.679. The number of nitrogens with one attached hydrogen (secondary N) is 1. The summed E-state index contributed by atoms with van der Waals surface area (Å²) >= 11 is 0. The van der Waals surface area contributed by atoms with Gasteiger partial charge in [0.25, 0.3) is 0 Å². The third-order valence-electron chi connectivity index (χ3n) is 5.64. The number of alkyl carbamates (subject to hydrolysis) is 1. The molecule has 0 aliphatic carbocycles. The number of allylic oxidation sites excluding steroid dienone is 1. The summed E-state index contributed by atoms with van der Waals surface area (Å²) in [6.45, 7) is 15.0. The van der Waals surface area contributed by atoms with Gasteiger partial charge in [-0.25, -0.2) is 9.18 Å². The van der Waals surface area contributed by atoms with Crippen molar-refractivity contribution in [1.29, 1.82) is 0 Å². The van der Waals surface area contributed by atoms with E-state index >= 15 is 0 Å². The predicted octanol–water partition coefficient (Wildman–Crippen LogP) is 7.53. The number of hydrogen-bond donors (Lipinski definition) is 1. The van der Waals surface area contributed by atoms with Gasteiger partial charge >= 0.3 is 12.1 Å². The van der Waals surface area contributed by atoms with Crippen LogP contribution in [0.1, 0.15) is 81.7 Å². The summed E-state index contributed by atoms with van der Waals surface area (Å²) in [5.74, 6) is -0.669. The van der Waals surface area contributed by atoms with Crippen molar-refractivity contribution in [3.8, 4) is 11.1 Å². The number of ether oxygens (including phenoxy) is 2. The van der Waals surface area contributed by atoms with Gasteiger partial charge < -0.3 is 14.8 Å². The monoisotopic (exact) mass is 497 g/mol. The van der Waals surface area contributed by atoms with Crippen LogP contribution in [-0.4, -0.2) is 24.3 Å². The Hall–Kier alpha value is -3.15. The van der Waals surface area contributed by atoms with Crippen molar-refractivity contribution < 1.29 is 23.5 Å². The van der Waals surface area contributed by atoms with Crippen molar-refractivity contribution in [3.05, 3.63) is 71.1 Å². The zero-order valence-corrected chi connectivity index (χ0v) is 22.5. The van der Waals surface area contributed by atoms with Crippen LogP contribution >= 0.6 is 0 Å². The highest BCUT2D eigenvalue weighted by Gasteiger charge is 2.24. The van der Waals surface area contributed by atoms with Crippen molar-refractivity contribution >= 4 is 12.1 Å². The van der Waals surface area contributed by atoms with E-state index in [4.69, 9.17) is 9.47 Å². The number of aryl methyl sites for hydroxylation is 3. The number of unbranched alkanes of at least 4 members (excludes halogenated alkanes) is 2. The number of esters is 1. The number of hydrogen-bond acceptors (Lipinski definition) is 4. The molecule has 36 heavy (non-hydrogen) atoms. The van der Waals surface area contributed by atoms with Gasteiger partial charge in [0.05, 0.1) is 19.1 Å². The molecular formula is C30H40FNO4. The van der Waals surface area contributed by atoms with E-state index in [2.05, 4.69) is 11.9 Å². The Morgan fingerprint density at radius 3 is 2.47 bits per heavy atom. The summed E-state index contributed by atoms with van der Waals surface area (Å²) in [4.78, 5) is 25.0. The number of benzene rings is 2. The molecule has 1 amide bonds. The zero-order valence-electron chi connectivity index (χ0n) is 22.5. The van der Waals surface area contributed by atoms with Gasteiger partial charge in [-0.3, -0.25) is 4.79 Å². The fourth-order valence-electron chi connectivity index (χ4n) is 4.27. The van der Waals surface area contributed by atoms with E-state index in [9.17, 15) is 14.0 Å². The van der Waals surface area contributed by atoms with Gasteiger partial charge in [-0.05, 0) is 113 Å². The van der Waals surface area contributed by atoms with E-state index in [-0.39, 0.29) is 18.8 Å². The molecule has 0 heterocycles. The fourth-order valence-corrected chi connectivity index (χ4v) is 4.27. The van der Waals surface area contributed by atoms with Gasteiger partial charge in [0.15, 0.2) is 0 Å². The second-order valence-corrected chi connectivity index (χ2v) is 10.1. The molecule has 2 aromatic rings. The van der Waals surface area contributed by atoms with Crippen molar-refractivity contribution in [3.63, 3.8) is 0 Å². The minimum Gasteiger partial charge on any atom is -0.466 e. The lowest BCUT2D eigenvalue weighted by atomic mass is 9.89. The average molecular weight is 498 g/mol. The normalized spacial score (nSPS) is 12.1. The molecule has 0 fully saturated rings. The van der Waals surface area contributed by atoms with Gasteiger partial charge in [0.2, 0.25) is 0 Å². The quantitative estimate of drug-likeness (QED) is 0.198. The third-order valence-corrected chi connectivity index (χ3v) is 5.64. The van der Waals surface area contributed by atoms with Gasteiger partial charge in [-0.1, -0.05) is 23.8 Å². The van der Waals surface area contributed by atoms with E-state index in [1.54, 1.807) is 39.8 Å². The molecule has 0 saturated carbocycles. The van der Waals surface area contributed by atoms with E-state index in [1.165, 1.54) is 0 Å². The summed E-state index contributed by atoms with van der Waals surface area (Å²) < 4.78 is 24.9. The molecule has 0 saturated heterocycles. The fraction of sp³-hybridized carbons (Fsp3) is 0.467. The first kappa shape index (κ1) is 29.1. The molecule has 1 atom stereocenters. The Balaban J connectivity index is 2.50. The van der Waals surface area contributed by atoms with Gasteiger partial charge in [0.1, 0.15) is 11.4 Å². The molecule has 2 aromatic carbocycles. The van der Waals surface area contributed by atoms with E-state index in [1.807, 2.05) is 38.1 Å². The summed E-state index contributed by atoms with van der Waals surface area (Å²) in [6, 6.07) is 8.45. The van der Waals surface area contributed by atoms with Crippen LogP contribution < -0.4 is 5.32 Å². The van der Waals surface area contributed by atoms with Gasteiger partial charge in [-0.2, -0.15) is 0 Å². The first-order chi connectivity index (χ1) is 16.9. The third kappa shape index (κ3) is 9.14. The van der Waals surface area contributed by atoms with Crippen LogP contribution in [0.3, 0.4) is 0 Å². The molecule has 0 aliphatic heterocycles. The molecular weight excluding hydrogens is 457 g/mol. The second-order valence-electron chi connectivity index (χ2n) is 10.1. The minimum absolute atomic E-state index is 0.0349. The molecule has 0 aromatic heterocycles. The lowest BCUT2D eigenvalue weighted by Crippen LogP contribution is -2.36. The van der Waals surface area contributed by atoms with E-state index < -0.39 is 23.7 Å². The first-order valence-electron chi connectivity index (χ1n) is 12.6. The molecule has 0 spiro atoms. The number of carbonyl (C=O) groups is 2. The Labute approximate surface area is 215 Å². The number of carbonyl (C=O) groups excluding carboxylic acids is 2. The molecule has 1 N–H and O–H groups in total. The predicted molar refractivity (Wildman–Crippen MR) is 142 cm³/mol. The number of rotatable bonds is 11. The smallest absolute Gasteiger partial charge is 0.408 e. The molecule has 0 bridgehead atoms. The second kappa shape index (κ2) is 13.2. The van der Waals surface area contributed by atoms with Crippen LogP contribution in [0.2, 0.25) is 0 Å². The summed E-state index contributed by atoms with van der Waals surface area (Å²) in [5, 5.41) is 2.84. The molecule has 0 aliphatic rings. The van der Waals surface area contributed by atoms with E-state index in [0.717, 1.165) is 59.1 Å². The Morgan fingerprint density at radius 2 is 1.83 bits per heavy atom. The van der Waals surface area contributed by atoms with E-state index in [0.29, 0.717) is 0 Å². The van der Waals surface area contributed by atoms with Crippen molar-refractivity contribution in [1.82, 2.24) is 5.32 Å². The highest BCUT2D eigenvalue weighted by Crippen LogP contribution is 2.33. The van der Waals surface area contributed by atoms with Gasteiger partial charge in [-0.15, -0.1) is 6.58 Å². The lowest BCUT2D eigenvalue weighted by molar-refractivity contribution is -0.143.